The maximum absolute atomic E-state index is 9.22. The van der Waals surface area contributed by atoms with Gasteiger partial charge in [0.25, 0.3) is 0 Å². The highest BCUT2D eigenvalue weighted by Gasteiger charge is 2.06. The van der Waals surface area contributed by atoms with Crippen LogP contribution in [0.25, 0.3) is 0 Å². The van der Waals surface area contributed by atoms with Crippen LogP contribution in [0.4, 0.5) is 0 Å². The quantitative estimate of drug-likeness (QED) is 0.831. The number of halogens is 1. The number of nitriles is 1. The van der Waals surface area contributed by atoms with E-state index < -0.39 is 6.23 Å². The molecule has 21 heavy (non-hydrogen) atoms. The summed E-state index contributed by atoms with van der Waals surface area (Å²) in [6.07, 6.45) is -0.576. The van der Waals surface area contributed by atoms with Gasteiger partial charge in [0.15, 0.2) is 0 Å². The Hall–Kier alpha value is -2.06. The van der Waals surface area contributed by atoms with Crippen molar-refractivity contribution < 1.29 is 9.84 Å². The summed E-state index contributed by atoms with van der Waals surface area (Å²) in [4.78, 5) is 0. The standard InChI is InChI=1S/C16H15ClN2O2/c1-11(20)19-10-12-3-2-4-15(7-12)21-16-8-14(17)6-5-13(16)9-18/h2-8,11,19-20H,10H2,1H3. The number of hydrogen-bond acceptors (Lipinski definition) is 4. The Bertz CT molecular complexity index is 666. The van der Waals surface area contributed by atoms with Gasteiger partial charge in [-0.1, -0.05) is 23.7 Å². The average Bonchev–Trinajstić information content (AvgIpc) is 2.46. The van der Waals surface area contributed by atoms with E-state index in [1.807, 2.05) is 18.2 Å². The van der Waals surface area contributed by atoms with Crippen molar-refractivity contribution >= 4 is 11.6 Å². The van der Waals surface area contributed by atoms with Gasteiger partial charge in [0, 0.05) is 17.6 Å². The molecule has 0 heterocycles. The van der Waals surface area contributed by atoms with Crippen molar-refractivity contribution in [2.45, 2.75) is 19.7 Å². The molecule has 4 nitrogen and oxygen atoms in total. The van der Waals surface area contributed by atoms with Gasteiger partial charge in [-0.25, -0.2) is 0 Å². The Morgan fingerprint density at radius 2 is 2.14 bits per heavy atom. The molecule has 0 aliphatic heterocycles. The first-order valence-electron chi connectivity index (χ1n) is 6.46. The Kier molecular flexibility index (Phi) is 5.18. The summed E-state index contributed by atoms with van der Waals surface area (Å²) in [5.74, 6) is 1.03. The number of nitrogens with zero attached hydrogens (tertiary/aromatic N) is 1. The second-order valence-electron chi connectivity index (χ2n) is 4.56. The number of ether oxygens (including phenoxy) is 1. The van der Waals surface area contributed by atoms with E-state index in [2.05, 4.69) is 11.4 Å². The minimum absolute atomic E-state index is 0.422. The lowest BCUT2D eigenvalue weighted by Gasteiger charge is -2.11. The third-order valence-corrected chi connectivity index (χ3v) is 3.03. The van der Waals surface area contributed by atoms with Crippen molar-refractivity contribution in [3.8, 4) is 17.6 Å². The summed E-state index contributed by atoms with van der Waals surface area (Å²) in [6, 6.07) is 14.4. The van der Waals surface area contributed by atoms with Crippen LogP contribution >= 0.6 is 11.6 Å². The topological polar surface area (TPSA) is 65.3 Å². The van der Waals surface area contributed by atoms with Gasteiger partial charge in [-0.3, -0.25) is 5.32 Å². The first-order valence-corrected chi connectivity index (χ1v) is 6.84. The van der Waals surface area contributed by atoms with Gasteiger partial charge < -0.3 is 9.84 Å². The molecule has 2 aromatic carbocycles. The van der Waals surface area contributed by atoms with Crippen LogP contribution in [0.5, 0.6) is 11.5 Å². The zero-order chi connectivity index (χ0) is 15.2. The highest BCUT2D eigenvalue weighted by Crippen LogP contribution is 2.28. The van der Waals surface area contributed by atoms with E-state index in [0.29, 0.717) is 28.6 Å². The predicted octanol–water partition coefficient (Wildman–Crippen LogP) is 3.43. The number of aliphatic hydroxyl groups is 1. The second-order valence-corrected chi connectivity index (χ2v) is 5.00. The number of aliphatic hydroxyl groups excluding tert-OH is 1. The number of benzene rings is 2. The lowest BCUT2D eigenvalue weighted by atomic mass is 10.2. The maximum Gasteiger partial charge on any atom is 0.146 e. The van der Waals surface area contributed by atoms with Crippen molar-refractivity contribution in [2.24, 2.45) is 0 Å². The van der Waals surface area contributed by atoms with Gasteiger partial charge in [-0.2, -0.15) is 5.26 Å². The summed E-state index contributed by atoms with van der Waals surface area (Å²) in [5.41, 5.74) is 1.39. The summed E-state index contributed by atoms with van der Waals surface area (Å²) in [6.45, 7) is 2.18. The smallest absolute Gasteiger partial charge is 0.146 e. The van der Waals surface area contributed by atoms with Crippen LogP contribution in [0, 0.1) is 11.3 Å². The highest BCUT2D eigenvalue weighted by atomic mass is 35.5. The molecular formula is C16H15ClN2O2. The van der Waals surface area contributed by atoms with E-state index in [9.17, 15) is 5.11 Å². The summed E-state index contributed by atoms with van der Waals surface area (Å²) in [7, 11) is 0. The Morgan fingerprint density at radius 1 is 1.33 bits per heavy atom. The van der Waals surface area contributed by atoms with Crippen molar-refractivity contribution in [2.75, 3.05) is 0 Å². The largest absolute Gasteiger partial charge is 0.456 e. The normalized spacial score (nSPS) is 11.7. The lowest BCUT2D eigenvalue weighted by molar-refractivity contribution is 0.155. The van der Waals surface area contributed by atoms with Crippen LogP contribution in [0.15, 0.2) is 42.5 Å². The van der Waals surface area contributed by atoms with Crippen LogP contribution in [0.1, 0.15) is 18.1 Å². The predicted molar refractivity (Wildman–Crippen MR) is 81.2 cm³/mol. The highest BCUT2D eigenvalue weighted by molar-refractivity contribution is 6.30. The minimum atomic E-state index is -0.576. The monoisotopic (exact) mass is 302 g/mol. The van der Waals surface area contributed by atoms with Crippen molar-refractivity contribution in [1.29, 1.82) is 5.26 Å². The zero-order valence-corrected chi connectivity index (χ0v) is 12.3. The molecule has 0 bridgehead atoms. The summed E-state index contributed by atoms with van der Waals surface area (Å²) < 4.78 is 5.73. The Labute approximate surface area is 128 Å². The molecule has 0 aliphatic rings. The molecule has 0 aliphatic carbocycles. The van der Waals surface area contributed by atoms with Crippen molar-refractivity contribution in [3.05, 3.63) is 58.6 Å². The zero-order valence-electron chi connectivity index (χ0n) is 11.5. The fraction of sp³-hybridized carbons (Fsp3) is 0.188. The van der Waals surface area contributed by atoms with Crippen molar-refractivity contribution in [3.63, 3.8) is 0 Å². The van der Waals surface area contributed by atoms with E-state index in [1.165, 1.54) is 0 Å². The molecule has 0 aromatic heterocycles. The van der Waals surface area contributed by atoms with E-state index in [1.54, 1.807) is 31.2 Å². The van der Waals surface area contributed by atoms with Gasteiger partial charge in [-0.05, 0) is 36.8 Å². The third-order valence-electron chi connectivity index (χ3n) is 2.79. The van der Waals surface area contributed by atoms with E-state index >= 15 is 0 Å². The maximum atomic E-state index is 9.22. The van der Waals surface area contributed by atoms with Gasteiger partial charge in [-0.15, -0.1) is 0 Å². The van der Waals surface area contributed by atoms with Crippen molar-refractivity contribution in [1.82, 2.24) is 5.32 Å². The van der Waals surface area contributed by atoms with E-state index in [0.717, 1.165) is 5.56 Å². The molecule has 0 saturated carbocycles. The van der Waals surface area contributed by atoms with Gasteiger partial charge in [0.2, 0.25) is 0 Å². The Morgan fingerprint density at radius 3 is 2.86 bits per heavy atom. The van der Waals surface area contributed by atoms with Crippen LogP contribution in [-0.2, 0) is 6.54 Å². The van der Waals surface area contributed by atoms with Gasteiger partial charge in [0.05, 0.1) is 5.56 Å². The molecular weight excluding hydrogens is 288 g/mol. The fourth-order valence-corrected chi connectivity index (χ4v) is 1.95. The lowest BCUT2D eigenvalue weighted by Crippen LogP contribution is -2.24. The SMILES string of the molecule is CC(O)NCc1cccc(Oc2cc(Cl)ccc2C#N)c1. The molecule has 108 valence electrons. The van der Waals surface area contributed by atoms with Crippen LogP contribution in [0.3, 0.4) is 0 Å². The molecule has 2 rings (SSSR count). The van der Waals surface area contributed by atoms with Gasteiger partial charge >= 0.3 is 0 Å². The summed E-state index contributed by atoms with van der Waals surface area (Å²) in [5, 5.41) is 21.7. The molecule has 5 heteroatoms. The summed E-state index contributed by atoms with van der Waals surface area (Å²) >= 11 is 5.93. The first kappa shape index (κ1) is 15.3. The fourth-order valence-electron chi connectivity index (χ4n) is 1.78. The second kappa shape index (κ2) is 7.09. The first-order chi connectivity index (χ1) is 10.1. The molecule has 2 aromatic rings. The molecule has 0 amide bonds. The molecule has 0 saturated heterocycles. The van der Waals surface area contributed by atoms with E-state index in [-0.39, 0.29) is 0 Å². The molecule has 0 spiro atoms. The molecule has 1 atom stereocenters. The van der Waals surface area contributed by atoms with Crippen LogP contribution in [-0.4, -0.2) is 11.3 Å². The number of rotatable bonds is 5. The molecule has 0 fully saturated rings. The minimum Gasteiger partial charge on any atom is -0.456 e. The number of hydrogen-bond donors (Lipinski definition) is 2. The molecule has 1 unspecified atom stereocenters. The molecule has 2 N–H and O–H groups in total. The molecule has 0 radical (unpaired) electrons. The van der Waals surface area contributed by atoms with Crippen LogP contribution in [0.2, 0.25) is 5.02 Å². The Balaban J connectivity index is 2.18. The van der Waals surface area contributed by atoms with E-state index in [4.69, 9.17) is 21.6 Å². The average molecular weight is 303 g/mol. The number of nitrogens with one attached hydrogen (secondary N) is 1. The van der Waals surface area contributed by atoms with Gasteiger partial charge in [0.1, 0.15) is 23.8 Å². The van der Waals surface area contributed by atoms with Crippen LogP contribution < -0.4 is 10.1 Å². The third kappa shape index (κ3) is 4.47.